The molecule has 0 saturated carbocycles. The Bertz CT molecular complexity index is 409. The highest BCUT2D eigenvalue weighted by Crippen LogP contribution is 2.28. The Morgan fingerprint density at radius 3 is 2.72 bits per heavy atom. The fraction of sp³-hybridized carbons (Fsp3) is 0.500. The van der Waals surface area contributed by atoms with Gasteiger partial charge in [-0.15, -0.1) is 0 Å². The van der Waals surface area contributed by atoms with Gasteiger partial charge in [-0.1, -0.05) is 6.92 Å². The van der Waals surface area contributed by atoms with E-state index in [0.29, 0.717) is 24.6 Å². The van der Waals surface area contributed by atoms with Crippen LogP contribution in [0.2, 0.25) is 0 Å². The average Bonchev–Trinajstić information content (AvgIpc) is 2.36. The molecule has 0 aliphatic carbocycles. The van der Waals surface area contributed by atoms with Crippen LogP contribution in [0, 0.1) is 10.1 Å². The van der Waals surface area contributed by atoms with Gasteiger partial charge in [-0.2, -0.15) is 0 Å². The molecule has 18 heavy (non-hydrogen) atoms. The zero-order chi connectivity index (χ0) is 13.5. The minimum absolute atomic E-state index is 0.00958. The van der Waals surface area contributed by atoms with E-state index in [-0.39, 0.29) is 12.3 Å². The molecule has 0 saturated heterocycles. The van der Waals surface area contributed by atoms with Crippen LogP contribution >= 0.6 is 0 Å². The standard InChI is InChI=1S/C12H18N2O4/c1-3-6-18-12-8-10(13(2)4-5-15)7-11(9-12)14(16)17/h7-9,15H,3-6H2,1-2H3. The summed E-state index contributed by atoms with van der Waals surface area (Å²) in [4.78, 5) is 12.1. The monoisotopic (exact) mass is 254 g/mol. The van der Waals surface area contributed by atoms with Crippen LogP contribution in [-0.4, -0.2) is 36.8 Å². The van der Waals surface area contributed by atoms with Crippen LogP contribution in [0.25, 0.3) is 0 Å². The number of nitrogens with zero attached hydrogens (tertiary/aromatic N) is 2. The second kappa shape index (κ2) is 6.80. The van der Waals surface area contributed by atoms with Crippen LogP contribution in [0.4, 0.5) is 11.4 Å². The summed E-state index contributed by atoms with van der Waals surface area (Å²) in [6.45, 7) is 2.89. The molecule has 0 radical (unpaired) electrons. The van der Waals surface area contributed by atoms with Gasteiger partial charge in [-0.3, -0.25) is 10.1 Å². The van der Waals surface area contributed by atoms with Gasteiger partial charge in [0.2, 0.25) is 0 Å². The van der Waals surface area contributed by atoms with Crippen molar-refractivity contribution in [2.75, 3.05) is 31.7 Å². The van der Waals surface area contributed by atoms with Gasteiger partial charge >= 0.3 is 0 Å². The van der Waals surface area contributed by atoms with Crippen molar-refractivity contribution in [3.63, 3.8) is 0 Å². The van der Waals surface area contributed by atoms with Crippen molar-refractivity contribution < 1.29 is 14.8 Å². The maximum Gasteiger partial charge on any atom is 0.275 e. The van der Waals surface area contributed by atoms with Gasteiger partial charge in [-0.05, 0) is 6.42 Å². The fourth-order valence-electron chi connectivity index (χ4n) is 1.48. The Kier molecular flexibility index (Phi) is 5.38. The first kappa shape index (κ1) is 14.2. The average molecular weight is 254 g/mol. The number of hydrogen-bond donors (Lipinski definition) is 1. The predicted molar refractivity (Wildman–Crippen MR) is 69.2 cm³/mol. The van der Waals surface area contributed by atoms with Crippen molar-refractivity contribution in [2.24, 2.45) is 0 Å². The van der Waals surface area contributed by atoms with Crippen LogP contribution in [0.15, 0.2) is 18.2 Å². The summed E-state index contributed by atoms with van der Waals surface area (Å²) in [6, 6.07) is 4.61. The number of anilines is 1. The molecule has 0 unspecified atom stereocenters. The number of ether oxygens (including phenoxy) is 1. The molecule has 0 fully saturated rings. The number of aliphatic hydroxyl groups is 1. The lowest BCUT2D eigenvalue weighted by Crippen LogP contribution is -2.21. The molecular weight excluding hydrogens is 236 g/mol. The number of rotatable bonds is 7. The molecule has 100 valence electrons. The lowest BCUT2D eigenvalue weighted by molar-refractivity contribution is -0.384. The summed E-state index contributed by atoms with van der Waals surface area (Å²) in [6.07, 6.45) is 0.838. The quantitative estimate of drug-likeness (QED) is 0.593. The van der Waals surface area contributed by atoms with Gasteiger partial charge in [0.1, 0.15) is 5.75 Å². The number of benzene rings is 1. The van der Waals surface area contributed by atoms with E-state index < -0.39 is 4.92 Å². The van der Waals surface area contributed by atoms with Crippen molar-refractivity contribution in [3.8, 4) is 5.75 Å². The maximum atomic E-state index is 10.8. The van der Waals surface area contributed by atoms with Gasteiger partial charge in [0.15, 0.2) is 0 Å². The molecule has 0 heterocycles. The number of hydrogen-bond acceptors (Lipinski definition) is 5. The Labute approximate surface area is 106 Å². The van der Waals surface area contributed by atoms with E-state index in [1.54, 1.807) is 18.0 Å². The third kappa shape index (κ3) is 3.89. The molecule has 1 aromatic carbocycles. The Balaban J connectivity index is 3.01. The number of aliphatic hydroxyl groups excluding tert-OH is 1. The van der Waals surface area contributed by atoms with E-state index in [9.17, 15) is 10.1 Å². The summed E-state index contributed by atoms with van der Waals surface area (Å²) in [5.41, 5.74) is 0.646. The first-order chi connectivity index (χ1) is 8.58. The number of non-ortho nitro benzene ring substituents is 1. The molecule has 0 amide bonds. The highest BCUT2D eigenvalue weighted by atomic mass is 16.6. The molecule has 0 spiro atoms. The Morgan fingerprint density at radius 2 is 2.17 bits per heavy atom. The number of nitro benzene ring substituents is 1. The molecule has 6 heteroatoms. The van der Waals surface area contributed by atoms with Crippen molar-refractivity contribution in [3.05, 3.63) is 28.3 Å². The summed E-state index contributed by atoms with van der Waals surface area (Å²) in [7, 11) is 1.76. The van der Waals surface area contributed by atoms with E-state index in [1.807, 2.05) is 6.92 Å². The van der Waals surface area contributed by atoms with Crippen molar-refractivity contribution in [1.29, 1.82) is 0 Å². The van der Waals surface area contributed by atoms with Crippen molar-refractivity contribution in [1.82, 2.24) is 0 Å². The summed E-state index contributed by atoms with van der Waals surface area (Å²) < 4.78 is 5.42. The highest BCUT2D eigenvalue weighted by molar-refractivity contribution is 5.57. The second-order valence-electron chi connectivity index (χ2n) is 3.94. The fourth-order valence-corrected chi connectivity index (χ4v) is 1.48. The van der Waals surface area contributed by atoms with E-state index in [2.05, 4.69) is 0 Å². The SMILES string of the molecule is CCCOc1cc(N(C)CCO)cc([N+](=O)[O-])c1. The summed E-state index contributed by atoms with van der Waals surface area (Å²) in [5, 5.41) is 19.7. The Hall–Kier alpha value is -1.82. The van der Waals surface area contributed by atoms with Gasteiger partial charge in [-0.25, -0.2) is 0 Å². The molecule has 1 rings (SSSR count). The minimum Gasteiger partial charge on any atom is -0.493 e. The lowest BCUT2D eigenvalue weighted by Gasteiger charge is -2.18. The third-order valence-corrected chi connectivity index (χ3v) is 2.44. The van der Waals surface area contributed by atoms with E-state index in [4.69, 9.17) is 9.84 Å². The number of likely N-dealkylation sites (N-methyl/N-ethyl adjacent to an activating group) is 1. The molecule has 6 nitrogen and oxygen atoms in total. The van der Waals surface area contributed by atoms with Crippen LogP contribution in [0.3, 0.4) is 0 Å². The van der Waals surface area contributed by atoms with Crippen LogP contribution in [0.1, 0.15) is 13.3 Å². The van der Waals surface area contributed by atoms with Crippen LogP contribution in [0.5, 0.6) is 5.75 Å². The summed E-state index contributed by atoms with van der Waals surface area (Å²) in [5.74, 6) is 0.478. The molecule has 1 aromatic rings. The van der Waals surface area contributed by atoms with E-state index in [1.165, 1.54) is 12.1 Å². The smallest absolute Gasteiger partial charge is 0.275 e. The normalized spacial score (nSPS) is 10.2. The zero-order valence-corrected chi connectivity index (χ0v) is 10.6. The minimum atomic E-state index is -0.449. The van der Waals surface area contributed by atoms with Gasteiger partial charge in [0.05, 0.1) is 24.2 Å². The van der Waals surface area contributed by atoms with Gasteiger partial charge in [0.25, 0.3) is 5.69 Å². The van der Waals surface area contributed by atoms with Gasteiger partial charge in [0, 0.05) is 31.4 Å². The molecule has 0 aliphatic heterocycles. The first-order valence-electron chi connectivity index (χ1n) is 5.82. The van der Waals surface area contributed by atoms with Gasteiger partial charge < -0.3 is 14.7 Å². The van der Waals surface area contributed by atoms with Crippen molar-refractivity contribution >= 4 is 11.4 Å². The van der Waals surface area contributed by atoms with Crippen LogP contribution in [-0.2, 0) is 0 Å². The topological polar surface area (TPSA) is 75.8 Å². The van der Waals surface area contributed by atoms with Crippen molar-refractivity contribution in [2.45, 2.75) is 13.3 Å². The highest BCUT2D eigenvalue weighted by Gasteiger charge is 2.12. The summed E-state index contributed by atoms with van der Waals surface area (Å²) >= 11 is 0. The molecule has 0 bridgehead atoms. The maximum absolute atomic E-state index is 10.8. The zero-order valence-electron chi connectivity index (χ0n) is 10.6. The number of nitro groups is 1. The molecule has 1 N–H and O–H groups in total. The molecule has 0 atom stereocenters. The molecule has 0 aromatic heterocycles. The van der Waals surface area contributed by atoms with Crippen LogP contribution < -0.4 is 9.64 Å². The lowest BCUT2D eigenvalue weighted by atomic mass is 10.2. The van der Waals surface area contributed by atoms with E-state index in [0.717, 1.165) is 6.42 Å². The second-order valence-corrected chi connectivity index (χ2v) is 3.94. The largest absolute Gasteiger partial charge is 0.493 e. The van der Waals surface area contributed by atoms with E-state index >= 15 is 0 Å². The first-order valence-corrected chi connectivity index (χ1v) is 5.82. The molecular formula is C12H18N2O4. The third-order valence-electron chi connectivity index (χ3n) is 2.44. The molecule has 0 aliphatic rings. The Morgan fingerprint density at radius 1 is 1.44 bits per heavy atom. The predicted octanol–water partition coefficient (Wildman–Crippen LogP) is 1.81.